The van der Waals surface area contributed by atoms with Crippen LogP contribution in [0.15, 0.2) is 42.5 Å². The summed E-state index contributed by atoms with van der Waals surface area (Å²) in [7, 11) is 3.49. The van der Waals surface area contributed by atoms with E-state index in [4.69, 9.17) is 10.5 Å². The number of ether oxygens (including phenoxy) is 1. The number of primary amides is 1. The van der Waals surface area contributed by atoms with Gasteiger partial charge in [-0.1, -0.05) is 19.1 Å². The summed E-state index contributed by atoms with van der Waals surface area (Å²) in [5.74, 6) is -0.147. The number of halogens is 3. The Morgan fingerprint density at radius 3 is 2.34 bits per heavy atom. The van der Waals surface area contributed by atoms with Gasteiger partial charge in [-0.25, -0.2) is 9.97 Å². The second kappa shape index (κ2) is 14.4. The molecule has 2 amide bonds. The summed E-state index contributed by atoms with van der Waals surface area (Å²) < 4.78 is 48.1. The van der Waals surface area contributed by atoms with Crippen LogP contribution in [0.5, 0.6) is 5.75 Å². The molecule has 252 valence electrons. The second-order valence-electron chi connectivity index (χ2n) is 12.0. The lowest BCUT2D eigenvalue weighted by Gasteiger charge is -2.35. The highest BCUT2D eigenvalue weighted by Crippen LogP contribution is 2.39. The molecule has 3 aromatic rings. The third kappa shape index (κ3) is 8.05. The predicted molar refractivity (Wildman–Crippen MR) is 175 cm³/mol. The average molecular weight is 655 g/mol. The summed E-state index contributed by atoms with van der Waals surface area (Å²) in [4.78, 5) is 38.3. The number of hydrogen-bond acceptors (Lipinski definition) is 9. The lowest BCUT2D eigenvalue weighted by molar-refractivity contribution is -0.137. The van der Waals surface area contributed by atoms with Gasteiger partial charge in [-0.3, -0.25) is 9.59 Å². The quantitative estimate of drug-likeness (QED) is 0.230. The minimum atomic E-state index is -4.60. The summed E-state index contributed by atoms with van der Waals surface area (Å²) in [6.45, 7) is 4.13. The highest BCUT2D eigenvalue weighted by molar-refractivity contribution is 5.97. The summed E-state index contributed by atoms with van der Waals surface area (Å²) in [6.07, 6.45) is -1.54. The Morgan fingerprint density at radius 1 is 1.00 bits per heavy atom. The van der Waals surface area contributed by atoms with E-state index >= 15 is 0 Å². The molecule has 0 unspecified atom stereocenters. The average Bonchev–Trinajstić information content (AvgIpc) is 3.05. The molecule has 2 heterocycles. The largest absolute Gasteiger partial charge is 0.495 e. The Morgan fingerprint density at radius 2 is 1.70 bits per heavy atom. The molecule has 1 aliphatic heterocycles. The predicted octanol–water partition coefficient (Wildman–Crippen LogP) is 5.27. The highest BCUT2D eigenvalue weighted by atomic mass is 19.4. The zero-order chi connectivity index (χ0) is 33.7. The molecule has 2 fully saturated rings. The van der Waals surface area contributed by atoms with Gasteiger partial charge in [0.1, 0.15) is 11.6 Å². The molecule has 0 bridgehead atoms. The number of methoxy groups -OCH3 is 1. The van der Waals surface area contributed by atoms with Crippen molar-refractivity contribution < 1.29 is 27.5 Å². The first kappa shape index (κ1) is 33.8. The van der Waals surface area contributed by atoms with Gasteiger partial charge < -0.3 is 36.2 Å². The third-order valence-electron chi connectivity index (χ3n) is 8.75. The van der Waals surface area contributed by atoms with E-state index in [-0.39, 0.29) is 40.8 Å². The molecule has 14 heteroatoms. The maximum atomic E-state index is 14.2. The van der Waals surface area contributed by atoms with Crippen LogP contribution in [-0.4, -0.2) is 73.1 Å². The molecule has 1 saturated heterocycles. The third-order valence-corrected chi connectivity index (χ3v) is 8.75. The van der Waals surface area contributed by atoms with Crippen molar-refractivity contribution in [1.82, 2.24) is 14.9 Å². The highest BCUT2D eigenvalue weighted by Gasteiger charge is 2.36. The van der Waals surface area contributed by atoms with Gasteiger partial charge in [-0.2, -0.15) is 13.2 Å². The molecule has 11 nitrogen and oxygen atoms in total. The van der Waals surface area contributed by atoms with Gasteiger partial charge in [0, 0.05) is 49.5 Å². The van der Waals surface area contributed by atoms with Crippen LogP contribution in [-0.2, 0) is 17.4 Å². The Kier molecular flexibility index (Phi) is 10.4. The van der Waals surface area contributed by atoms with Gasteiger partial charge in [0.25, 0.3) is 5.91 Å². The molecule has 1 aliphatic carbocycles. The number of amides is 2. The smallest absolute Gasteiger partial charge is 0.418 e. The fraction of sp³-hybridized carbons (Fsp3) is 0.455. The molecule has 5 rings (SSSR count). The van der Waals surface area contributed by atoms with Crippen molar-refractivity contribution in [3.8, 4) is 5.75 Å². The van der Waals surface area contributed by atoms with Crippen LogP contribution < -0.4 is 31.3 Å². The lowest BCUT2D eigenvalue weighted by atomic mass is 9.85. The van der Waals surface area contributed by atoms with Gasteiger partial charge in [0.15, 0.2) is 11.5 Å². The van der Waals surface area contributed by atoms with Crippen LogP contribution in [0.3, 0.4) is 0 Å². The number of nitrogens with two attached hydrogens (primary N) is 1. The maximum Gasteiger partial charge on any atom is 0.418 e. The SMILES string of the molecule is CCc1nc(C(N)=O)c(Nc2ccc(N3CCN(C)CC3)c(C(F)(F)F)c2)nc1NC1CCC(C(=O)Nc2ccccc2OC)CC1. The number of nitrogens with zero attached hydrogens (tertiary/aromatic N) is 4. The van der Waals surface area contributed by atoms with Gasteiger partial charge in [0.05, 0.1) is 24.1 Å². The molecule has 0 radical (unpaired) electrons. The van der Waals surface area contributed by atoms with E-state index in [0.717, 1.165) is 6.07 Å². The van der Waals surface area contributed by atoms with Gasteiger partial charge in [-0.15, -0.1) is 0 Å². The molecular formula is C33H41F3N8O3. The van der Waals surface area contributed by atoms with Crippen molar-refractivity contribution in [2.75, 3.05) is 61.2 Å². The number of carbonyl (C=O) groups is 2. The van der Waals surface area contributed by atoms with Crippen LogP contribution in [0.4, 0.5) is 41.9 Å². The molecule has 2 aromatic carbocycles. The number of anilines is 5. The molecule has 1 aromatic heterocycles. The molecule has 5 N–H and O–H groups in total. The monoisotopic (exact) mass is 654 g/mol. The fourth-order valence-corrected chi connectivity index (χ4v) is 6.07. The van der Waals surface area contributed by atoms with Crippen LogP contribution >= 0.6 is 0 Å². The van der Waals surface area contributed by atoms with Crippen LogP contribution in [0.25, 0.3) is 0 Å². The van der Waals surface area contributed by atoms with Gasteiger partial charge >= 0.3 is 6.18 Å². The van der Waals surface area contributed by atoms with Crippen molar-refractivity contribution in [2.24, 2.45) is 11.7 Å². The van der Waals surface area contributed by atoms with E-state index in [1.807, 2.05) is 26.1 Å². The number of hydrogen-bond donors (Lipinski definition) is 4. The number of rotatable bonds is 10. The Balaban J connectivity index is 1.32. The molecule has 2 aliphatic rings. The molecule has 47 heavy (non-hydrogen) atoms. The van der Waals surface area contributed by atoms with Crippen molar-refractivity contribution in [3.05, 3.63) is 59.4 Å². The standard InChI is InChI=1S/C33H41F3N8O3/c1-4-24-30(38-21-11-9-20(10-12-21)32(46)41-25-7-5-6-8-27(25)47-3)42-31(28(40-24)29(37)45)39-22-13-14-26(23(19-22)33(34,35)36)44-17-15-43(2)16-18-44/h5-8,13-14,19-21H,4,9-12,15-18H2,1-3H3,(H2,37,45)(H,41,46)(H2,38,39,42). The number of aryl methyl sites for hydroxylation is 1. The second-order valence-corrected chi connectivity index (χ2v) is 12.0. The minimum Gasteiger partial charge on any atom is -0.495 e. The zero-order valence-corrected chi connectivity index (χ0v) is 26.8. The first-order chi connectivity index (χ1) is 22.5. The first-order valence-corrected chi connectivity index (χ1v) is 15.8. The Bertz CT molecular complexity index is 1590. The van der Waals surface area contributed by atoms with Crippen LogP contribution in [0, 0.1) is 5.92 Å². The number of alkyl halides is 3. The van der Waals surface area contributed by atoms with E-state index in [9.17, 15) is 22.8 Å². The number of likely N-dealkylation sites (N-methyl/N-ethyl adjacent to an activating group) is 1. The zero-order valence-electron chi connectivity index (χ0n) is 26.8. The van der Waals surface area contributed by atoms with E-state index < -0.39 is 17.6 Å². The van der Waals surface area contributed by atoms with Gasteiger partial charge in [-0.05, 0) is 69.5 Å². The molecular weight excluding hydrogens is 613 g/mol. The Labute approximate surface area is 272 Å². The summed E-state index contributed by atoms with van der Waals surface area (Å²) in [5, 5.41) is 9.25. The number of benzene rings is 2. The minimum absolute atomic E-state index is 0.0307. The van der Waals surface area contributed by atoms with E-state index in [1.54, 1.807) is 24.1 Å². The molecule has 0 spiro atoms. The first-order valence-electron chi connectivity index (χ1n) is 15.8. The summed E-state index contributed by atoms with van der Waals surface area (Å²) in [6, 6.07) is 11.2. The van der Waals surface area contributed by atoms with Crippen molar-refractivity contribution in [2.45, 2.75) is 51.2 Å². The van der Waals surface area contributed by atoms with Crippen molar-refractivity contribution in [3.63, 3.8) is 0 Å². The maximum absolute atomic E-state index is 14.2. The van der Waals surface area contributed by atoms with Gasteiger partial charge in [0.2, 0.25) is 5.91 Å². The van der Waals surface area contributed by atoms with Crippen molar-refractivity contribution in [1.29, 1.82) is 0 Å². The number of carbonyl (C=O) groups excluding carboxylic acids is 2. The number of nitrogens with one attached hydrogen (secondary N) is 3. The number of aromatic nitrogens is 2. The van der Waals surface area contributed by atoms with Crippen LogP contribution in [0.1, 0.15) is 54.4 Å². The number of piperazine rings is 1. The van der Waals surface area contributed by atoms with E-state index in [2.05, 4.69) is 30.8 Å². The normalized spacial score (nSPS) is 18.8. The fourth-order valence-electron chi connectivity index (χ4n) is 6.07. The van der Waals surface area contributed by atoms with Crippen molar-refractivity contribution >= 4 is 40.5 Å². The van der Waals surface area contributed by atoms with E-state index in [0.29, 0.717) is 81.2 Å². The van der Waals surface area contributed by atoms with Crippen LogP contribution in [0.2, 0.25) is 0 Å². The summed E-state index contributed by atoms with van der Waals surface area (Å²) in [5.41, 5.74) is 6.02. The molecule has 1 saturated carbocycles. The summed E-state index contributed by atoms with van der Waals surface area (Å²) >= 11 is 0. The topological polar surface area (TPSA) is 138 Å². The molecule has 0 atom stereocenters. The Hall–Kier alpha value is -4.59. The van der Waals surface area contributed by atoms with E-state index in [1.165, 1.54) is 12.1 Å². The number of para-hydroxylation sites is 2. The lowest BCUT2D eigenvalue weighted by Crippen LogP contribution is -2.45.